The van der Waals surface area contributed by atoms with Crippen molar-refractivity contribution in [2.75, 3.05) is 6.54 Å². The molecule has 1 fully saturated rings. The summed E-state index contributed by atoms with van der Waals surface area (Å²) in [5.74, 6) is 0.0303. The summed E-state index contributed by atoms with van der Waals surface area (Å²) in [4.78, 5) is 14.0. The van der Waals surface area contributed by atoms with Gasteiger partial charge in [-0.3, -0.25) is 9.69 Å². The van der Waals surface area contributed by atoms with Gasteiger partial charge in [-0.25, -0.2) is 0 Å². The minimum Gasteiger partial charge on any atom is -0.335 e. The van der Waals surface area contributed by atoms with Gasteiger partial charge >= 0.3 is 0 Å². The Morgan fingerprint density at radius 1 is 1.14 bits per heavy atom. The summed E-state index contributed by atoms with van der Waals surface area (Å²) >= 11 is 6.29. The van der Waals surface area contributed by atoms with E-state index in [0.717, 1.165) is 5.56 Å². The van der Waals surface area contributed by atoms with Crippen molar-refractivity contribution in [2.45, 2.75) is 19.1 Å². The van der Waals surface area contributed by atoms with E-state index in [-0.39, 0.29) is 18.1 Å². The third kappa shape index (κ3) is 2.80. The second kappa shape index (κ2) is 5.88. The lowest BCUT2D eigenvalue weighted by Gasteiger charge is -2.30. The van der Waals surface area contributed by atoms with E-state index in [4.69, 9.17) is 11.6 Å². The zero-order chi connectivity index (χ0) is 14.8. The molecule has 0 saturated carbocycles. The van der Waals surface area contributed by atoms with Gasteiger partial charge in [0.05, 0.1) is 6.54 Å². The topological polar surface area (TPSA) is 32.3 Å². The van der Waals surface area contributed by atoms with Crippen LogP contribution in [-0.4, -0.2) is 17.4 Å². The Labute approximate surface area is 129 Å². The van der Waals surface area contributed by atoms with Crippen molar-refractivity contribution < 1.29 is 4.79 Å². The predicted molar refractivity (Wildman–Crippen MR) is 83.9 cm³/mol. The summed E-state index contributed by atoms with van der Waals surface area (Å²) in [5, 5.41) is 3.69. The van der Waals surface area contributed by atoms with Gasteiger partial charge in [0, 0.05) is 16.6 Å². The van der Waals surface area contributed by atoms with Gasteiger partial charge in [-0.1, -0.05) is 60.1 Å². The number of halogens is 1. The molecule has 108 valence electrons. The number of rotatable bonds is 3. The van der Waals surface area contributed by atoms with Crippen molar-refractivity contribution >= 4 is 17.5 Å². The zero-order valence-corrected chi connectivity index (χ0v) is 12.5. The van der Waals surface area contributed by atoms with Gasteiger partial charge in [-0.05, 0) is 18.6 Å². The molecule has 0 radical (unpaired) electrons. The number of amides is 1. The van der Waals surface area contributed by atoms with E-state index in [2.05, 4.69) is 29.3 Å². The van der Waals surface area contributed by atoms with Crippen LogP contribution in [0.2, 0.25) is 5.02 Å². The molecule has 0 aliphatic carbocycles. The quantitative estimate of drug-likeness (QED) is 0.940. The van der Waals surface area contributed by atoms with Gasteiger partial charge in [0.2, 0.25) is 5.91 Å². The van der Waals surface area contributed by atoms with E-state index in [0.29, 0.717) is 11.6 Å². The smallest absolute Gasteiger partial charge is 0.235 e. The summed E-state index contributed by atoms with van der Waals surface area (Å²) in [6, 6.07) is 18.0. The molecular formula is C17H17ClN2O. The predicted octanol–water partition coefficient (Wildman–Crippen LogP) is 3.53. The fraction of sp³-hybridized carbons (Fsp3) is 0.235. The standard InChI is InChI=1S/C17H17ClN2O/c1-12(13-7-3-2-4-8-13)20-11-16(21)19-17(20)14-9-5-6-10-15(14)18/h2-10,12,17H,11H2,1H3,(H,19,21)/t12-,17+/m1/s1. The third-order valence-electron chi connectivity index (χ3n) is 3.93. The molecular weight excluding hydrogens is 284 g/mol. The van der Waals surface area contributed by atoms with Gasteiger partial charge in [0.15, 0.2) is 0 Å². The lowest BCUT2D eigenvalue weighted by molar-refractivity contribution is -0.118. The second-order valence-corrected chi connectivity index (χ2v) is 5.66. The van der Waals surface area contributed by atoms with Gasteiger partial charge in [0.1, 0.15) is 6.17 Å². The van der Waals surface area contributed by atoms with Crippen LogP contribution in [0.4, 0.5) is 0 Å². The molecule has 1 amide bonds. The SMILES string of the molecule is C[C@H](c1ccccc1)N1CC(=O)N[C@@H]1c1ccccc1Cl. The van der Waals surface area contributed by atoms with Crippen molar-refractivity contribution in [1.29, 1.82) is 0 Å². The summed E-state index contributed by atoms with van der Waals surface area (Å²) in [5.41, 5.74) is 2.12. The molecule has 1 saturated heterocycles. The normalized spacial score (nSPS) is 20.3. The molecule has 21 heavy (non-hydrogen) atoms. The number of carbonyl (C=O) groups is 1. The van der Waals surface area contributed by atoms with Crippen LogP contribution in [0, 0.1) is 0 Å². The van der Waals surface area contributed by atoms with E-state index in [1.54, 1.807) is 0 Å². The highest BCUT2D eigenvalue weighted by molar-refractivity contribution is 6.31. The number of nitrogens with one attached hydrogen (secondary N) is 1. The Balaban J connectivity index is 1.93. The van der Waals surface area contributed by atoms with Crippen LogP contribution in [0.5, 0.6) is 0 Å². The molecule has 1 heterocycles. The van der Waals surface area contributed by atoms with E-state index in [1.807, 2.05) is 42.5 Å². The first-order valence-electron chi connectivity index (χ1n) is 7.01. The second-order valence-electron chi connectivity index (χ2n) is 5.25. The van der Waals surface area contributed by atoms with Crippen molar-refractivity contribution in [3.8, 4) is 0 Å². The maximum Gasteiger partial charge on any atom is 0.235 e. The lowest BCUT2D eigenvalue weighted by Crippen LogP contribution is -2.30. The number of carbonyl (C=O) groups excluding carboxylic acids is 1. The monoisotopic (exact) mass is 300 g/mol. The average molecular weight is 301 g/mol. The minimum absolute atomic E-state index is 0.0303. The molecule has 2 aromatic carbocycles. The number of hydrogen-bond acceptors (Lipinski definition) is 2. The van der Waals surface area contributed by atoms with Crippen LogP contribution < -0.4 is 5.32 Å². The van der Waals surface area contributed by atoms with E-state index in [1.165, 1.54) is 5.56 Å². The van der Waals surface area contributed by atoms with Crippen molar-refractivity contribution in [3.05, 3.63) is 70.7 Å². The van der Waals surface area contributed by atoms with E-state index < -0.39 is 0 Å². The molecule has 1 aliphatic rings. The maximum absolute atomic E-state index is 11.9. The van der Waals surface area contributed by atoms with Gasteiger partial charge in [0.25, 0.3) is 0 Å². The summed E-state index contributed by atoms with van der Waals surface area (Å²) in [7, 11) is 0. The summed E-state index contributed by atoms with van der Waals surface area (Å²) < 4.78 is 0. The van der Waals surface area contributed by atoms with Crippen LogP contribution in [0.3, 0.4) is 0 Å². The Hall–Kier alpha value is -1.84. The molecule has 2 aromatic rings. The highest BCUT2D eigenvalue weighted by atomic mass is 35.5. The van der Waals surface area contributed by atoms with Crippen LogP contribution in [0.1, 0.15) is 30.3 Å². The Morgan fingerprint density at radius 2 is 1.81 bits per heavy atom. The van der Waals surface area contributed by atoms with Gasteiger partial charge < -0.3 is 5.32 Å². The zero-order valence-electron chi connectivity index (χ0n) is 11.8. The molecule has 0 aromatic heterocycles. The molecule has 0 spiro atoms. The number of benzene rings is 2. The van der Waals surface area contributed by atoms with Crippen molar-refractivity contribution in [2.24, 2.45) is 0 Å². The lowest BCUT2D eigenvalue weighted by atomic mass is 10.1. The van der Waals surface area contributed by atoms with E-state index >= 15 is 0 Å². The Morgan fingerprint density at radius 3 is 2.52 bits per heavy atom. The largest absolute Gasteiger partial charge is 0.335 e. The minimum atomic E-state index is -0.179. The van der Waals surface area contributed by atoms with Crippen LogP contribution in [0.15, 0.2) is 54.6 Å². The molecule has 2 atom stereocenters. The van der Waals surface area contributed by atoms with Crippen LogP contribution in [-0.2, 0) is 4.79 Å². The average Bonchev–Trinajstić information content (AvgIpc) is 2.89. The fourth-order valence-electron chi connectivity index (χ4n) is 2.77. The first kappa shape index (κ1) is 14.1. The molecule has 1 N–H and O–H groups in total. The molecule has 3 nitrogen and oxygen atoms in total. The van der Waals surface area contributed by atoms with E-state index in [9.17, 15) is 4.79 Å². The molecule has 4 heteroatoms. The van der Waals surface area contributed by atoms with Crippen LogP contribution >= 0.6 is 11.6 Å². The van der Waals surface area contributed by atoms with Crippen molar-refractivity contribution in [3.63, 3.8) is 0 Å². The Bertz CT molecular complexity index is 644. The molecule has 0 unspecified atom stereocenters. The number of hydrogen-bond donors (Lipinski definition) is 1. The highest BCUT2D eigenvalue weighted by Crippen LogP contribution is 2.34. The van der Waals surface area contributed by atoms with Crippen LogP contribution in [0.25, 0.3) is 0 Å². The van der Waals surface area contributed by atoms with Gasteiger partial charge in [-0.2, -0.15) is 0 Å². The molecule has 1 aliphatic heterocycles. The third-order valence-corrected chi connectivity index (χ3v) is 4.28. The summed E-state index contributed by atoms with van der Waals surface area (Å²) in [6.45, 7) is 2.49. The molecule has 3 rings (SSSR count). The highest BCUT2D eigenvalue weighted by Gasteiger charge is 2.35. The maximum atomic E-state index is 11.9. The molecule has 0 bridgehead atoms. The van der Waals surface area contributed by atoms with Crippen molar-refractivity contribution in [1.82, 2.24) is 10.2 Å². The first-order valence-corrected chi connectivity index (χ1v) is 7.39. The first-order chi connectivity index (χ1) is 10.2. The van der Waals surface area contributed by atoms with Gasteiger partial charge in [-0.15, -0.1) is 0 Å². The Kier molecular flexibility index (Phi) is 3.95. The number of nitrogens with zero attached hydrogens (tertiary/aromatic N) is 1. The fourth-order valence-corrected chi connectivity index (χ4v) is 3.01. The summed E-state index contributed by atoms with van der Waals surface area (Å²) in [6.07, 6.45) is -0.179.